The van der Waals surface area contributed by atoms with Gasteiger partial charge in [-0.05, 0) is 31.2 Å². The maximum atomic E-state index is 5.20. The number of likely N-dealkylation sites (N-methyl/N-ethyl adjacent to an activating group) is 1. The number of benzene rings is 1. The van der Waals surface area contributed by atoms with Crippen LogP contribution < -0.4 is 0 Å². The summed E-state index contributed by atoms with van der Waals surface area (Å²) in [5.41, 5.74) is 1.38. The van der Waals surface area contributed by atoms with E-state index in [4.69, 9.17) is 4.74 Å². The van der Waals surface area contributed by atoms with Crippen molar-refractivity contribution in [3.05, 3.63) is 34.3 Å². The second kappa shape index (κ2) is 5.10. The van der Waals surface area contributed by atoms with Crippen LogP contribution in [0, 0.1) is 0 Å². The molecule has 0 saturated carbocycles. The van der Waals surface area contributed by atoms with Gasteiger partial charge in [0.2, 0.25) is 0 Å². The molecule has 1 aromatic rings. The van der Waals surface area contributed by atoms with Gasteiger partial charge in [0.25, 0.3) is 0 Å². The normalized spacial score (nSPS) is 19.5. The summed E-state index contributed by atoms with van der Waals surface area (Å²) < 4.78 is 6.36. The van der Waals surface area contributed by atoms with Crippen LogP contribution in [0.5, 0.6) is 0 Å². The summed E-state index contributed by atoms with van der Waals surface area (Å²) in [6.45, 7) is 3.10. The second-order valence-corrected chi connectivity index (χ2v) is 5.01. The van der Waals surface area contributed by atoms with E-state index in [9.17, 15) is 0 Å². The zero-order valence-electron chi connectivity index (χ0n) is 8.95. The Morgan fingerprint density at radius 1 is 1.53 bits per heavy atom. The van der Waals surface area contributed by atoms with Gasteiger partial charge in [-0.3, -0.25) is 0 Å². The van der Waals surface area contributed by atoms with Crippen molar-refractivity contribution in [1.29, 1.82) is 0 Å². The average Bonchev–Trinajstić information content (AvgIpc) is 2.99. The second-order valence-electron chi connectivity index (χ2n) is 4.10. The lowest BCUT2D eigenvalue weighted by Crippen LogP contribution is -2.25. The van der Waals surface area contributed by atoms with E-state index >= 15 is 0 Å². The van der Waals surface area contributed by atoms with Crippen molar-refractivity contribution in [2.45, 2.75) is 12.5 Å². The Morgan fingerprint density at radius 2 is 2.33 bits per heavy atom. The molecule has 2 rings (SSSR count). The van der Waals surface area contributed by atoms with Crippen LogP contribution in [0.15, 0.2) is 28.7 Å². The van der Waals surface area contributed by atoms with Crippen molar-refractivity contribution in [2.24, 2.45) is 0 Å². The molecule has 3 heteroatoms. The Labute approximate surface area is 99.4 Å². The summed E-state index contributed by atoms with van der Waals surface area (Å²) in [4.78, 5) is 2.33. The fraction of sp³-hybridized carbons (Fsp3) is 0.500. The smallest absolute Gasteiger partial charge is 0.0936 e. The van der Waals surface area contributed by atoms with Crippen LogP contribution in [0.4, 0.5) is 0 Å². The van der Waals surface area contributed by atoms with E-state index in [1.807, 2.05) is 0 Å². The summed E-state index contributed by atoms with van der Waals surface area (Å²) >= 11 is 3.49. The first kappa shape index (κ1) is 11.1. The summed E-state index contributed by atoms with van der Waals surface area (Å²) in [7, 11) is 2.15. The Bertz CT molecular complexity index is 325. The third-order valence-electron chi connectivity index (χ3n) is 2.59. The predicted molar refractivity (Wildman–Crippen MR) is 65.1 cm³/mol. The van der Waals surface area contributed by atoms with Gasteiger partial charge in [-0.2, -0.15) is 0 Å². The first-order valence-corrected chi connectivity index (χ1v) is 6.08. The molecule has 0 aromatic heterocycles. The predicted octanol–water partition coefficient (Wildman–Crippen LogP) is 2.32. The molecule has 0 amide bonds. The van der Waals surface area contributed by atoms with Crippen molar-refractivity contribution in [3.63, 3.8) is 0 Å². The Balaban J connectivity index is 1.76. The summed E-state index contributed by atoms with van der Waals surface area (Å²) in [6, 6.07) is 8.50. The van der Waals surface area contributed by atoms with Gasteiger partial charge in [-0.25, -0.2) is 0 Å². The highest BCUT2D eigenvalue weighted by Crippen LogP contribution is 2.13. The van der Waals surface area contributed by atoms with Gasteiger partial charge < -0.3 is 9.64 Å². The molecule has 0 bridgehead atoms. The largest absolute Gasteiger partial charge is 0.372 e. The molecule has 2 nitrogen and oxygen atoms in total. The van der Waals surface area contributed by atoms with Crippen LogP contribution in [-0.4, -0.2) is 37.7 Å². The monoisotopic (exact) mass is 269 g/mol. The highest BCUT2D eigenvalue weighted by atomic mass is 79.9. The van der Waals surface area contributed by atoms with E-state index in [0.29, 0.717) is 6.10 Å². The summed E-state index contributed by atoms with van der Waals surface area (Å²) in [5.74, 6) is 0. The third kappa shape index (κ3) is 3.93. The molecule has 0 N–H and O–H groups in total. The fourth-order valence-corrected chi connectivity index (χ4v) is 2.07. The van der Waals surface area contributed by atoms with Crippen molar-refractivity contribution in [1.82, 2.24) is 4.90 Å². The lowest BCUT2D eigenvalue weighted by molar-refractivity contribution is 0.286. The molecule has 1 aliphatic rings. The van der Waals surface area contributed by atoms with Crippen molar-refractivity contribution in [3.8, 4) is 0 Å². The van der Waals surface area contributed by atoms with E-state index in [1.54, 1.807) is 0 Å². The number of rotatable bonds is 5. The summed E-state index contributed by atoms with van der Waals surface area (Å²) in [5, 5.41) is 0. The topological polar surface area (TPSA) is 15.8 Å². The van der Waals surface area contributed by atoms with Crippen molar-refractivity contribution in [2.75, 3.05) is 26.7 Å². The zero-order valence-corrected chi connectivity index (χ0v) is 10.5. The van der Waals surface area contributed by atoms with Gasteiger partial charge in [0, 0.05) is 17.6 Å². The van der Waals surface area contributed by atoms with Gasteiger partial charge in [0.1, 0.15) is 0 Å². The summed E-state index contributed by atoms with van der Waals surface area (Å²) in [6.07, 6.45) is 1.60. The SMILES string of the molecule is CN(CCc1cccc(Br)c1)C[C@H]1CO1. The van der Waals surface area contributed by atoms with Gasteiger partial charge in [0.05, 0.1) is 12.7 Å². The average molecular weight is 270 g/mol. The zero-order chi connectivity index (χ0) is 10.7. The molecular weight excluding hydrogens is 254 g/mol. The molecular formula is C12H16BrNO. The number of ether oxygens (including phenoxy) is 1. The molecule has 82 valence electrons. The first-order valence-electron chi connectivity index (χ1n) is 5.28. The van der Waals surface area contributed by atoms with Crippen LogP contribution >= 0.6 is 15.9 Å². The quantitative estimate of drug-likeness (QED) is 0.763. The van der Waals surface area contributed by atoms with Gasteiger partial charge in [-0.15, -0.1) is 0 Å². The van der Waals surface area contributed by atoms with Gasteiger partial charge in [0.15, 0.2) is 0 Å². The van der Waals surface area contributed by atoms with Gasteiger partial charge in [-0.1, -0.05) is 28.1 Å². The van der Waals surface area contributed by atoms with Crippen LogP contribution in [0.1, 0.15) is 5.56 Å². The molecule has 0 spiro atoms. The van der Waals surface area contributed by atoms with E-state index in [2.05, 4.69) is 52.1 Å². The maximum absolute atomic E-state index is 5.20. The van der Waals surface area contributed by atoms with Crippen LogP contribution in [-0.2, 0) is 11.2 Å². The van der Waals surface area contributed by atoms with E-state index < -0.39 is 0 Å². The molecule has 1 fully saturated rings. The number of hydrogen-bond acceptors (Lipinski definition) is 2. The molecule has 1 aliphatic heterocycles. The minimum Gasteiger partial charge on any atom is -0.372 e. The number of hydrogen-bond donors (Lipinski definition) is 0. The fourth-order valence-electron chi connectivity index (χ4n) is 1.62. The Hall–Kier alpha value is -0.380. The minimum atomic E-state index is 0.498. The Morgan fingerprint density at radius 3 is 3.00 bits per heavy atom. The van der Waals surface area contributed by atoms with Crippen LogP contribution in [0.25, 0.3) is 0 Å². The highest BCUT2D eigenvalue weighted by Gasteiger charge is 2.23. The van der Waals surface area contributed by atoms with Gasteiger partial charge >= 0.3 is 0 Å². The standard InChI is InChI=1S/C12H16BrNO/c1-14(8-12-9-15-12)6-5-10-3-2-4-11(13)7-10/h2-4,7,12H,5-6,8-9H2,1H3/t12-/m0/s1. The molecule has 15 heavy (non-hydrogen) atoms. The highest BCUT2D eigenvalue weighted by molar-refractivity contribution is 9.10. The third-order valence-corrected chi connectivity index (χ3v) is 3.08. The lowest BCUT2D eigenvalue weighted by atomic mass is 10.1. The molecule has 1 atom stereocenters. The maximum Gasteiger partial charge on any atom is 0.0936 e. The molecule has 0 aliphatic carbocycles. The minimum absolute atomic E-state index is 0.498. The number of halogens is 1. The molecule has 0 unspecified atom stereocenters. The van der Waals surface area contributed by atoms with Crippen LogP contribution in [0.2, 0.25) is 0 Å². The first-order chi connectivity index (χ1) is 7.24. The molecule has 1 aromatic carbocycles. The molecule has 0 radical (unpaired) electrons. The lowest BCUT2D eigenvalue weighted by Gasteiger charge is -2.14. The van der Waals surface area contributed by atoms with Crippen molar-refractivity contribution < 1.29 is 4.74 Å². The van der Waals surface area contributed by atoms with E-state index in [0.717, 1.165) is 30.6 Å². The molecule has 1 heterocycles. The van der Waals surface area contributed by atoms with E-state index in [-0.39, 0.29) is 0 Å². The molecule has 1 saturated heterocycles. The Kier molecular flexibility index (Phi) is 3.78. The van der Waals surface area contributed by atoms with E-state index in [1.165, 1.54) is 5.56 Å². The number of epoxide rings is 1. The van der Waals surface area contributed by atoms with Crippen molar-refractivity contribution >= 4 is 15.9 Å². The van der Waals surface area contributed by atoms with Crippen LogP contribution in [0.3, 0.4) is 0 Å². The number of nitrogens with zero attached hydrogens (tertiary/aromatic N) is 1.